The average Bonchev–Trinajstić information content (AvgIpc) is 2.72. The van der Waals surface area contributed by atoms with Gasteiger partial charge in [-0.2, -0.15) is 0 Å². The Labute approximate surface area is 186 Å². The second kappa shape index (κ2) is 8.72. The first-order chi connectivity index (χ1) is 14.8. The SMILES string of the molecule is CCc1ccc([C@@H]2C(C(=O)OC3CCCCC3)=C(C)N=C3CC(C)(C)CC(=O)C32)cc1. The summed E-state index contributed by atoms with van der Waals surface area (Å²) in [6, 6.07) is 8.39. The number of hydrogen-bond donors (Lipinski definition) is 0. The van der Waals surface area contributed by atoms with Crippen LogP contribution in [0.5, 0.6) is 0 Å². The van der Waals surface area contributed by atoms with E-state index in [-0.39, 0.29) is 35.1 Å². The topological polar surface area (TPSA) is 55.7 Å². The zero-order valence-corrected chi connectivity index (χ0v) is 19.4. The molecule has 1 aromatic carbocycles. The lowest BCUT2D eigenvalue weighted by Crippen LogP contribution is -2.44. The van der Waals surface area contributed by atoms with Crippen molar-refractivity contribution < 1.29 is 14.3 Å². The Hall–Kier alpha value is -2.23. The van der Waals surface area contributed by atoms with Crippen molar-refractivity contribution in [3.05, 3.63) is 46.7 Å². The Morgan fingerprint density at radius 1 is 1.06 bits per heavy atom. The van der Waals surface area contributed by atoms with E-state index in [9.17, 15) is 9.59 Å². The number of esters is 1. The van der Waals surface area contributed by atoms with E-state index in [1.54, 1.807) is 0 Å². The van der Waals surface area contributed by atoms with Crippen LogP contribution in [0.4, 0.5) is 0 Å². The number of Topliss-reactive ketones (excluding diaryl/α,β-unsaturated/α-hetero) is 1. The van der Waals surface area contributed by atoms with Gasteiger partial charge in [-0.25, -0.2) is 4.79 Å². The fourth-order valence-electron chi connectivity index (χ4n) is 5.58. The summed E-state index contributed by atoms with van der Waals surface area (Å²) in [7, 11) is 0. The first kappa shape index (κ1) is 22.0. The molecule has 0 bridgehead atoms. The normalized spacial score (nSPS) is 26.3. The highest BCUT2D eigenvalue weighted by atomic mass is 16.5. The number of allylic oxidation sites excluding steroid dienone is 1. The smallest absolute Gasteiger partial charge is 0.336 e. The fourth-order valence-corrected chi connectivity index (χ4v) is 5.58. The average molecular weight is 422 g/mol. The first-order valence-electron chi connectivity index (χ1n) is 11.9. The number of rotatable bonds is 4. The minimum absolute atomic E-state index is 0.0176. The number of benzene rings is 1. The van der Waals surface area contributed by atoms with Gasteiger partial charge in [0, 0.05) is 23.7 Å². The van der Waals surface area contributed by atoms with Crippen molar-refractivity contribution in [3.8, 4) is 0 Å². The third-order valence-corrected chi connectivity index (χ3v) is 7.16. The van der Waals surface area contributed by atoms with Gasteiger partial charge < -0.3 is 4.74 Å². The van der Waals surface area contributed by atoms with Crippen LogP contribution < -0.4 is 0 Å². The standard InChI is InChI=1S/C27H35NO3/c1-5-18-11-13-19(14-12-18)24-23(26(30)31-20-9-7-6-8-10-20)17(2)28-21-15-27(3,4)16-22(29)25(21)24/h11-14,20,24-25H,5-10,15-16H2,1-4H3/t24-,25?/m1/s1. The van der Waals surface area contributed by atoms with Gasteiger partial charge in [0.1, 0.15) is 11.9 Å². The Balaban J connectivity index is 1.75. The summed E-state index contributed by atoms with van der Waals surface area (Å²) in [6.07, 6.45) is 7.53. The molecule has 2 fully saturated rings. The monoisotopic (exact) mass is 421 g/mol. The Bertz CT molecular complexity index is 916. The van der Waals surface area contributed by atoms with E-state index in [1.807, 2.05) is 6.92 Å². The van der Waals surface area contributed by atoms with Crippen molar-refractivity contribution in [2.75, 3.05) is 0 Å². The molecule has 0 spiro atoms. The number of aryl methyl sites for hydroxylation is 1. The summed E-state index contributed by atoms with van der Waals surface area (Å²) < 4.78 is 5.98. The number of hydrogen-bond acceptors (Lipinski definition) is 4. The van der Waals surface area contributed by atoms with Gasteiger partial charge in [0.15, 0.2) is 0 Å². The summed E-state index contributed by atoms with van der Waals surface area (Å²) >= 11 is 0. The number of carbonyl (C=O) groups is 2. The molecule has 0 radical (unpaired) electrons. The molecular formula is C27H35NO3. The highest BCUT2D eigenvalue weighted by Gasteiger charge is 2.47. The van der Waals surface area contributed by atoms with Crippen molar-refractivity contribution in [1.29, 1.82) is 0 Å². The minimum Gasteiger partial charge on any atom is -0.459 e. The van der Waals surface area contributed by atoms with Crippen molar-refractivity contribution in [1.82, 2.24) is 0 Å². The van der Waals surface area contributed by atoms with Crippen LogP contribution >= 0.6 is 0 Å². The maximum absolute atomic E-state index is 13.4. The van der Waals surface area contributed by atoms with Crippen molar-refractivity contribution in [2.24, 2.45) is 16.3 Å². The number of nitrogens with zero attached hydrogens (tertiary/aromatic N) is 1. The molecule has 0 saturated heterocycles. The van der Waals surface area contributed by atoms with Crippen LogP contribution in [-0.2, 0) is 20.7 Å². The Morgan fingerprint density at radius 3 is 2.39 bits per heavy atom. The summed E-state index contributed by atoms with van der Waals surface area (Å²) in [5.74, 6) is -0.763. The third-order valence-electron chi connectivity index (χ3n) is 7.16. The molecule has 0 N–H and O–H groups in total. The molecule has 2 atom stereocenters. The maximum Gasteiger partial charge on any atom is 0.336 e. The summed E-state index contributed by atoms with van der Waals surface area (Å²) in [5, 5.41) is 0. The van der Waals surface area contributed by atoms with E-state index in [0.29, 0.717) is 17.7 Å². The minimum atomic E-state index is -0.363. The maximum atomic E-state index is 13.4. The lowest BCUT2D eigenvalue weighted by atomic mass is 9.63. The quantitative estimate of drug-likeness (QED) is 0.565. The lowest BCUT2D eigenvalue weighted by molar-refractivity contribution is -0.146. The van der Waals surface area contributed by atoms with Gasteiger partial charge in [-0.3, -0.25) is 9.79 Å². The van der Waals surface area contributed by atoms with Crippen LogP contribution in [-0.4, -0.2) is 23.6 Å². The summed E-state index contributed by atoms with van der Waals surface area (Å²) in [5.41, 5.74) is 4.38. The highest BCUT2D eigenvalue weighted by molar-refractivity contribution is 6.12. The number of fused-ring (bicyclic) bond motifs is 1. The van der Waals surface area contributed by atoms with Crippen LogP contribution in [0.1, 0.15) is 89.7 Å². The van der Waals surface area contributed by atoms with Crippen LogP contribution in [0.25, 0.3) is 0 Å². The van der Waals surface area contributed by atoms with Crippen molar-refractivity contribution in [3.63, 3.8) is 0 Å². The van der Waals surface area contributed by atoms with Gasteiger partial charge in [-0.1, -0.05) is 51.5 Å². The van der Waals surface area contributed by atoms with Crippen LogP contribution in [0.2, 0.25) is 0 Å². The van der Waals surface area contributed by atoms with Crippen molar-refractivity contribution >= 4 is 17.5 Å². The van der Waals surface area contributed by atoms with E-state index in [1.165, 1.54) is 12.0 Å². The molecule has 31 heavy (non-hydrogen) atoms. The molecule has 1 aliphatic heterocycles. The number of aliphatic imine (C=N–C) groups is 1. The predicted octanol–water partition coefficient (Wildman–Crippen LogP) is 5.94. The third kappa shape index (κ3) is 4.53. The molecule has 4 nitrogen and oxygen atoms in total. The van der Waals surface area contributed by atoms with E-state index < -0.39 is 0 Å². The zero-order valence-electron chi connectivity index (χ0n) is 19.4. The zero-order chi connectivity index (χ0) is 22.2. The second-order valence-electron chi connectivity index (χ2n) is 10.3. The van der Waals surface area contributed by atoms with E-state index in [2.05, 4.69) is 45.0 Å². The van der Waals surface area contributed by atoms with Gasteiger partial charge in [0.25, 0.3) is 0 Å². The molecule has 1 aromatic rings. The van der Waals surface area contributed by atoms with E-state index >= 15 is 0 Å². The molecular weight excluding hydrogens is 386 g/mol. The van der Waals surface area contributed by atoms with Crippen molar-refractivity contribution in [2.45, 2.75) is 91.1 Å². The summed E-state index contributed by atoms with van der Waals surface area (Å²) in [4.78, 5) is 31.6. The number of ketones is 1. The molecule has 1 heterocycles. The lowest BCUT2D eigenvalue weighted by Gasteiger charge is -2.41. The van der Waals surface area contributed by atoms with Gasteiger partial charge in [0.2, 0.25) is 0 Å². The van der Waals surface area contributed by atoms with Crippen LogP contribution in [0.3, 0.4) is 0 Å². The van der Waals surface area contributed by atoms with Gasteiger partial charge in [-0.15, -0.1) is 0 Å². The Morgan fingerprint density at radius 2 is 1.74 bits per heavy atom. The predicted molar refractivity (Wildman–Crippen MR) is 123 cm³/mol. The van der Waals surface area contributed by atoms with E-state index in [0.717, 1.165) is 49.8 Å². The Kier molecular flexibility index (Phi) is 6.18. The highest BCUT2D eigenvalue weighted by Crippen LogP contribution is 2.47. The molecule has 0 aromatic heterocycles. The number of ether oxygens (including phenoxy) is 1. The molecule has 0 amide bonds. The molecule has 3 aliphatic rings. The molecule has 4 heteroatoms. The first-order valence-corrected chi connectivity index (χ1v) is 11.9. The van der Waals surface area contributed by atoms with Crippen LogP contribution in [0.15, 0.2) is 40.5 Å². The fraction of sp³-hybridized carbons (Fsp3) is 0.593. The summed E-state index contributed by atoms with van der Waals surface area (Å²) in [6.45, 7) is 8.28. The molecule has 2 aliphatic carbocycles. The van der Waals surface area contributed by atoms with Gasteiger partial charge >= 0.3 is 5.97 Å². The van der Waals surface area contributed by atoms with Gasteiger partial charge in [0.05, 0.1) is 11.5 Å². The van der Waals surface area contributed by atoms with Crippen LogP contribution in [0, 0.1) is 11.3 Å². The van der Waals surface area contributed by atoms with Gasteiger partial charge in [-0.05, 0) is 62.0 Å². The van der Waals surface area contributed by atoms with E-state index in [4.69, 9.17) is 9.73 Å². The molecule has 166 valence electrons. The molecule has 4 rings (SSSR count). The second-order valence-corrected chi connectivity index (χ2v) is 10.3. The number of carbonyl (C=O) groups excluding carboxylic acids is 2. The largest absolute Gasteiger partial charge is 0.459 e. The molecule has 1 unspecified atom stereocenters. The molecule has 2 saturated carbocycles.